The van der Waals surface area contributed by atoms with Gasteiger partial charge in [-0.3, -0.25) is 4.79 Å². The molecule has 1 aromatic rings. The van der Waals surface area contributed by atoms with Crippen LogP contribution in [0.5, 0.6) is 0 Å². The highest BCUT2D eigenvalue weighted by atomic mass is 19.3. The maximum atomic E-state index is 12.6. The molecule has 0 amide bonds. The van der Waals surface area contributed by atoms with E-state index in [4.69, 9.17) is 5.11 Å². The lowest BCUT2D eigenvalue weighted by Gasteiger charge is -2.02. The van der Waals surface area contributed by atoms with Gasteiger partial charge in [0, 0.05) is 11.8 Å². The molecule has 1 rings (SSSR count). The molecule has 0 aliphatic heterocycles. The molecule has 72 valence electrons. The molecule has 0 fully saturated rings. The van der Waals surface area contributed by atoms with Crippen molar-refractivity contribution in [2.45, 2.75) is 13.0 Å². The third-order valence-electron chi connectivity index (χ3n) is 1.53. The average molecular weight is 193 g/mol. The second-order valence-electron chi connectivity index (χ2n) is 2.33. The van der Waals surface area contributed by atoms with Crippen LogP contribution in [0.25, 0.3) is 0 Å². The lowest BCUT2D eigenvalue weighted by atomic mass is 10.2. The quantitative estimate of drug-likeness (QED) is 0.687. The van der Waals surface area contributed by atoms with Gasteiger partial charge in [-0.15, -0.1) is 0 Å². The van der Waals surface area contributed by atoms with Crippen molar-refractivity contribution in [1.29, 1.82) is 0 Å². The van der Waals surface area contributed by atoms with Gasteiger partial charge in [-0.05, 0) is 0 Å². The number of aliphatic hydroxyl groups is 1. The minimum atomic E-state index is -3.18. The molecule has 0 aliphatic carbocycles. The molecule has 0 saturated heterocycles. The van der Waals surface area contributed by atoms with Gasteiger partial charge in [0.15, 0.2) is 5.43 Å². The zero-order chi connectivity index (χ0) is 10.0. The summed E-state index contributed by atoms with van der Waals surface area (Å²) in [5.41, 5.74) is -2.67. The summed E-state index contributed by atoms with van der Waals surface area (Å²) in [7, 11) is 0. The summed E-state index contributed by atoms with van der Waals surface area (Å²) >= 11 is 0. The molecule has 2 N–H and O–H groups in total. The topological polar surface area (TPSA) is 53.1 Å². The van der Waals surface area contributed by atoms with Gasteiger partial charge in [0.05, 0.1) is 6.61 Å². The van der Waals surface area contributed by atoms with Crippen LogP contribution in [0.4, 0.5) is 13.2 Å². The summed E-state index contributed by atoms with van der Waals surface area (Å²) in [5.74, 6) is -1.36. The summed E-state index contributed by atoms with van der Waals surface area (Å²) in [6.45, 7) is -0.699. The molecule has 0 saturated carbocycles. The van der Waals surface area contributed by atoms with Crippen LogP contribution in [0.2, 0.25) is 0 Å². The number of pyridine rings is 1. The Labute approximate surface area is 70.8 Å². The van der Waals surface area contributed by atoms with Crippen molar-refractivity contribution in [1.82, 2.24) is 4.98 Å². The SMILES string of the molecule is O=c1c(CO)c[nH]c(F)c1C(F)F. The number of nitrogens with one attached hydrogen (secondary N) is 1. The molecule has 3 nitrogen and oxygen atoms in total. The van der Waals surface area contributed by atoms with Crippen molar-refractivity contribution in [3.8, 4) is 0 Å². The standard InChI is InChI=1S/C7H6F3NO2/c8-6(9)4-5(13)3(2-12)1-11-7(4)10/h1,6,12H,2H2,(H,11,13). The number of aromatic amines is 1. The Kier molecular flexibility index (Phi) is 2.72. The Morgan fingerprint density at radius 3 is 2.62 bits per heavy atom. The van der Waals surface area contributed by atoms with Crippen LogP contribution in [-0.2, 0) is 6.61 Å². The van der Waals surface area contributed by atoms with Crippen molar-refractivity contribution in [2.75, 3.05) is 0 Å². The number of halogens is 3. The molecule has 0 aliphatic rings. The van der Waals surface area contributed by atoms with Gasteiger partial charge >= 0.3 is 0 Å². The molecule has 13 heavy (non-hydrogen) atoms. The highest BCUT2D eigenvalue weighted by Crippen LogP contribution is 2.16. The minimum Gasteiger partial charge on any atom is -0.391 e. The summed E-state index contributed by atoms with van der Waals surface area (Å²) in [6.07, 6.45) is -2.32. The fourth-order valence-corrected chi connectivity index (χ4v) is 0.879. The normalized spacial score (nSPS) is 10.8. The first kappa shape index (κ1) is 9.79. The van der Waals surface area contributed by atoms with Crippen molar-refractivity contribution < 1.29 is 18.3 Å². The largest absolute Gasteiger partial charge is 0.391 e. The minimum absolute atomic E-state index is 0.281. The van der Waals surface area contributed by atoms with Crippen LogP contribution < -0.4 is 5.43 Å². The summed E-state index contributed by atoms with van der Waals surface area (Å²) in [4.78, 5) is 12.8. The summed E-state index contributed by atoms with van der Waals surface area (Å²) in [5, 5.41) is 8.53. The van der Waals surface area contributed by atoms with Crippen molar-refractivity contribution >= 4 is 0 Å². The Balaban J connectivity index is 3.39. The van der Waals surface area contributed by atoms with Crippen LogP contribution in [0.15, 0.2) is 11.0 Å². The number of aromatic nitrogens is 1. The van der Waals surface area contributed by atoms with Crippen molar-refractivity contribution in [3.63, 3.8) is 0 Å². The van der Waals surface area contributed by atoms with E-state index in [0.29, 0.717) is 0 Å². The Hall–Kier alpha value is -1.30. The van der Waals surface area contributed by atoms with E-state index < -0.39 is 30.0 Å². The third-order valence-corrected chi connectivity index (χ3v) is 1.53. The molecular formula is C7H6F3NO2. The highest BCUT2D eigenvalue weighted by Gasteiger charge is 2.19. The molecule has 1 aromatic heterocycles. The predicted octanol–water partition coefficient (Wildman–Crippen LogP) is 0.944. The monoisotopic (exact) mass is 193 g/mol. The number of H-pyrrole nitrogens is 1. The molecule has 0 atom stereocenters. The van der Waals surface area contributed by atoms with Gasteiger partial charge in [-0.25, -0.2) is 8.78 Å². The molecule has 0 unspecified atom stereocenters. The molecular weight excluding hydrogens is 187 g/mol. The molecule has 6 heteroatoms. The number of hydrogen-bond acceptors (Lipinski definition) is 2. The number of rotatable bonds is 2. The van der Waals surface area contributed by atoms with Crippen molar-refractivity contribution in [3.05, 3.63) is 33.5 Å². The van der Waals surface area contributed by atoms with Gasteiger partial charge in [0.25, 0.3) is 6.43 Å². The highest BCUT2D eigenvalue weighted by molar-refractivity contribution is 5.20. The van der Waals surface area contributed by atoms with E-state index in [1.54, 1.807) is 0 Å². The summed E-state index contributed by atoms with van der Waals surface area (Å²) in [6, 6.07) is 0. The van der Waals surface area contributed by atoms with Crippen LogP contribution in [0.3, 0.4) is 0 Å². The van der Waals surface area contributed by atoms with Crippen LogP contribution in [-0.4, -0.2) is 10.1 Å². The maximum Gasteiger partial charge on any atom is 0.271 e. The van der Waals surface area contributed by atoms with E-state index in [1.807, 2.05) is 4.98 Å². The molecule has 0 bridgehead atoms. The maximum absolute atomic E-state index is 12.6. The van der Waals surface area contributed by atoms with E-state index in [2.05, 4.69) is 0 Å². The lowest BCUT2D eigenvalue weighted by molar-refractivity contribution is 0.143. The lowest BCUT2D eigenvalue weighted by Crippen LogP contribution is -2.18. The second-order valence-corrected chi connectivity index (χ2v) is 2.33. The van der Waals surface area contributed by atoms with Crippen molar-refractivity contribution in [2.24, 2.45) is 0 Å². The predicted molar refractivity (Wildman–Crippen MR) is 37.9 cm³/mol. The smallest absolute Gasteiger partial charge is 0.271 e. The third kappa shape index (κ3) is 1.72. The number of hydrogen-bond donors (Lipinski definition) is 2. The Morgan fingerprint density at radius 2 is 2.15 bits per heavy atom. The average Bonchev–Trinajstić information content (AvgIpc) is 2.04. The Bertz CT molecular complexity index is 361. The van der Waals surface area contributed by atoms with E-state index in [9.17, 15) is 18.0 Å². The van der Waals surface area contributed by atoms with Crippen LogP contribution in [0, 0.1) is 5.95 Å². The van der Waals surface area contributed by atoms with Gasteiger partial charge < -0.3 is 10.1 Å². The fraction of sp³-hybridized carbons (Fsp3) is 0.286. The molecule has 0 spiro atoms. The summed E-state index contributed by atoms with van der Waals surface area (Å²) < 4.78 is 36.7. The fourth-order valence-electron chi connectivity index (χ4n) is 0.879. The number of aliphatic hydroxyl groups excluding tert-OH is 1. The Morgan fingerprint density at radius 1 is 1.54 bits per heavy atom. The van der Waals surface area contributed by atoms with Gasteiger partial charge in [0.1, 0.15) is 5.56 Å². The van der Waals surface area contributed by atoms with Gasteiger partial charge in [-0.2, -0.15) is 4.39 Å². The zero-order valence-corrected chi connectivity index (χ0v) is 6.35. The van der Waals surface area contributed by atoms with E-state index in [0.717, 1.165) is 6.20 Å². The first-order chi connectivity index (χ1) is 6.07. The van der Waals surface area contributed by atoms with E-state index in [1.165, 1.54) is 0 Å². The molecule has 1 heterocycles. The first-order valence-corrected chi connectivity index (χ1v) is 3.37. The number of alkyl halides is 2. The molecule has 0 radical (unpaired) electrons. The van der Waals surface area contributed by atoms with Gasteiger partial charge in [-0.1, -0.05) is 0 Å². The zero-order valence-electron chi connectivity index (χ0n) is 6.35. The van der Waals surface area contributed by atoms with Gasteiger partial charge in [0.2, 0.25) is 5.95 Å². The molecule has 0 aromatic carbocycles. The van der Waals surface area contributed by atoms with Crippen LogP contribution in [0.1, 0.15) is 17.6 Å². The van der Waals surface area contributed by atoms with E-state index in [-0.39, 0.29) is 5.56 Å². The first-order valence-electron chi connectivity index (χ1n) is 3.37. The van der Waals surface area contributed by atoms with E-state index >= 15 is 0 Å². The van der Waals surface area contributed by atoms with Crippen LogP contribution >= 0.6 is 0 Å². The second kappa shape index (κ2) is 3.61.